The van der Waals surface area contributed by atoms with Gasteiger partial charge in [-0.1, -0.05) is 24.3 Å². The maximum absolute atomic E-state index is 13.3. The number of amides is 3. The Hall–Kier alpha value is -3.88. The van der Waals surface area contributed by atoms with Gasteiger partial charge in [-0.15, -0.1) is 10.2 Å². The van der Waals surface area contributed by atoms with E-state index in [1.807, 2.05) is 64.9 Å². The molecule has 0 radical (unpaired) electrons. The SMILES string of the molecule is COc1ccc(-c2nnc3n2C2C(C(=O)N(C)C(=O)N2C)N3Cc2ccccc2C)cc1. The number of urea groups is 1. The standard InChI is InChI=1S/C23H24N6O3/c1-14-7-5-6-8-16(14)13-28-18-20(26(2)23(31)27(3)21(18)30)29-19(24-25-22(28)29)15-9-11-17(32-4)12-10-15/h5-12,18,20H,13H2,1-4H3. The molecule has 0 bridgehead atoms. The number of rotatable bonds is 4. The van der Waals surface area contributed by atoms with Crippen LogP contribution in [-0.2, 0) is 11.3 Å². The molecule has 3 heterocycles. The van der Waals surface area contributed by atoms with Crippen LogP contribution in [-0.4, -0.2) is 63.7 Å². The molecule has 3 amide bonds. The Morgan fingerprint density at radius 1 is 1.00 bits per heavy atom. The average Bonchev–Trinajstić information content (AvgIpc) is 3.37. The highest BCUT2D eigenvalue weighted by Crippen LogP contribution is 2.43. The normalized spacial score (nSPS) is 19.9. The van der Waals surface area contributed by atoms with E-state index >= 15 is 0 Å². The van der Waals surface area contributed by atoms with Gasteiger partial charge in [0, 0.05) is 26.2 Å². The lowest BCUT2D eigenvalue weighted by Gasteiger charge is -2.40. The van der Waals surface area contributed by atoms with E-state index in [4.69, 9.17) is 4.74 Å². The van der Waals surface area contributed by atoms with Crippen LogP contribution in [0.25, 0.3) is 11.4 Å². The van der Waals surface area contributed by atoms with Crippen LogP contribution < -0.4 is 9.64 Å². The number of nitrogens with zero attached hydrogens (tertiary/aromatic N) is 6. The number of methoxy groups -OCH3 is 1. The van der Waals surface area contributed by atoms with Crippen LogP contribution >= 0.6 is 0 Å². The van der Waals surface area contributed by atoms with E-state index in [1.54, 1.807) is 19.1 Å². The molecule has 9 heteroatoms. The van der Waals surface area contributed by atoms with E-state index in [-0.39, 0.29) is 11.9 Å². The van der Waals surface area contributed by atoms with Gasteiger partial charge in [-0.2, -0.15) is 0 Å². The van der Waals surface area contributed by atoms with E-state index in [2.05, 4.69) is 10.2 Å². The van der Waals surface area contributed by atoms with Gasteiger partial charge in [0.15, 0.2) is 11.9 Å². The third-order valence-corrected chi connectivity index (χ3v) is 6.34. The first-order chi connectivity index (χ1) is 15.4. The molecular formula is C23H24N6O3. The Balaban J connectivity index is 1.65. The second kappa shape index (κ2) is 7.37. The molecule has 32 heavy (non-hydrogen) atoms. The van der Waals surface area contributed by atoms with Crippen LogP contribution in [0.4, 0.5) is 10.7 Å². The molecule has 5 rings (SSSR count). The van der Waals surface area contributed by atoms with Crippen molar-refractivity contribution in [3.8, 4) is 17.1 Å². The number of aromatic nitrogens is 3. The monoisotopic (exact) mass is 432 g/mol. The maximum atomic E-state index is 13.3. The lowest BCUT2D eigenvalue weighted by atomic mass is 10.1. The fourth-order valence-corrected chi connectivity index (χ4v) is 4.51. The summed E-state index contributed by atoms with van der Waals surface area (Å²) in [5, 5.41) is 8.91. The van der Waals surface area contributed by atoms with Crippen LogP contribution in [0, 0.1) is 6.92 Å². The number of carbonyl (C=O) groups is 2. The second-order valence-corrected chi connectivity index (χ2v) is 8.13. The van der Waals surface area contributed by atoms with E-state index in [0.717, 1.165) is 22.4 Å². The van der Waals surface area contributed by atoms with Crippen molar-refractivity contribution in [1.82, 2.24) is 24.6 Å². The van der Waals surface area contributed by atoms with Crippen molar-refractivity contribution in [2.45, 2.75) is 25.7 Å². The summed E-state index contributed by atoms with van der Waals surface area (Å²) in [6, 6.07) is 14.6. The van der Waals surface area contributed by atoms with Gasteiger partial charge in [0.1, 0.15) is 11.9 Å². The highest BCUT2D eigenvalue weighted by molar-refractivity contribution is 6.02. The molecule has 2 aliphatic rings. The molecule has 2 atom stereocenters. The predicted octanol–water partition coefficient (Wildman–Crippen LogP) is 2.67. The van der Waals surface area contributed by atoms with Crippen molar-refractivity contribution in [2.75, 3.05) is 26.1 Å². The number of imide groups is 1. The summed E-state index contributed by atoms with van der Waals surface area (Å²) in [6.07, 6.45) is -0.544. The van der Waals surface area contributed by atoms with Crippen LogP contribution in [0.5, 0.6) is 5.75 Å². The predicted molar refractivity (Wildman–Crippen MR) is 118 cm³/mol. The zero-order valence-electron chi connectivity index (χ0n) is 18.4. The minimum atomic E-state index is -0.593. The lowest BCUT2D eigenvalue weighted by molar-refractivity contribution is -0.133. The highest BCUT2D eigenvalue weighted by Gasteiger charge is 2.54. The minimum Gasteiger partial charge on any atom is -0.497 e. The molecule has 0 spiro atoms. The number of anilines is 1. The number of fused-ring (bicyclic) bond motifs is 3. The van der Waals surface area contributed by atoms with Crippen molar-refractivity contribution < 1.29 is 14.3 Å². The Bertz CT molecular complexity index is 1200. The average molecular weight is 432 g/mol. The van der Waals surface area contributed by atoms with E-state index in [1.165, 1.54) is 11.9 Å². The van der Waals surface area contributed by atoms with Crippen LogP contribution in [0.1, 0.15) is 17.3 Å². The van der Waals surface area contributed by atoms with Gasteiger partial charge < -0.3 is 14.5 Å². The van der Waals surface area contributed by atoms with Gasteiger partial charge in [0.25, 0.3) is 5.91 Å². The summed E-state index contributed by atoms with van der Waals surface area (Å²) < 4.78 is 7.16. The minimum absolute atomic E-state index is 0.252. The number of ether oxygens (including phenoxy) is 1. The number of aryl methyl sites for hydroxylation is 1. The van der Waals surface area contributed by atoms with Crippen LogP contribution in [0.15, 0.2) is 48.5 Å². The maximum Gasteiger partial charge on any atom is 0.327 e. The van der Waals surface area contributed by atoms with Crippen molar-refractivity contribution >= 4 is 17.9 Å². The fraction of sp³-hybridized carbons (Fsp3) is 0.304. The second-order valence-electron chi connectivity index (χ2n) is 8.13. The molecule has 2 unspecified atom stereocenters. The molecule has 164 valence electrons. The molecule has 0 saturated carbocycles. The number of likely N-dealkylation sites (N-methyl/N-ethyl adjacent to an activating group) is 2. The van der Waals surface area contributed by atoms with Crippen molar-refractivity contribution in [1.29, 1.82) is 0 Å². The molecule has 1 aromatic heterocycles. The molecule has 1 fully saturated rings. The molecular weight excluding hydrogens is 408 g/mol. The molecule has 2 aromatic carbocycles. The zero-order valence-corrected chi connectivity index (χ0v) is 18.4. The quantitative estimate of drug-likeness (QED) is 0.630. The van der Waals surface area contributed by atoms with Crippen molar-refractivity contribution in [3.63, 3.8) is 0 Å². The van der Waals surface area contributed by atoms with Crippen molar-refractivity contribution in [3.05, 3.63) is 59.7 Å². The Morgan fingerprint density at radius 3 is 2.41 bits per heavy atom. The van der Waals surface area contributed by atoms with E-state index in [0.29, 0.717) is 18.3 Å². The molecule has 0 aliphatic carbocycles. The van der Waals surface area contributed by atoms with Gasteiger partial charge in [-0.05, 0) is 42.3 Å². The van der Waals surface area contributed by atoms with Crippen molar-refractivity contribution in [2.24, 2.45) is 0 Å². The summed E-state index contributed by atoms with van der Waals surface area (Å²) in [4.78, 5) is 30.8. The topological polar surface area (TPSA) is 83.8 Å². The molecule has 0 N–H and O–H groups in total. The number of hydrogen-bond donors (Lipinski definition) is 0. The van der Waals surface area contributed by atoms with E-state index < -0.39 is 12.2 Å². The number of carbonyl (C=O) groups excluding carboxylic acids is 2. The Labute approximate surface area is 185 Å². The first-order valence-electron chi connectivity index (χ1n) is 10.4. The fourth-order valence-electron chi connectivity index (χ4n) is 4.51. The van der Waals surface area contributed by atoms with E-state index in [9.17, 15) is 9.59 Å². The molecule has 2 aliphatic heterocycles. The third kappa shape index (κ3) is 2.84. The number of hydrogen-bond acceptors (Lipinski definition) is 6. The molecule has 9 nitrogen and oxygen atoms in total. The van der Waals surface area contributed by atoms with Crippen LogP contribution in [0.2, 0.25) is 0 Å². The summed E-state index contributed by atoms with van der Waals surface area (Å²) in [6.45, 7) is 2.52. The smallest absolute Gasteiger partial charge is 0.327 e. The number of benzene rings is 2. The summed E-state index contributed by atoms with van der Waals surface area (Å²) >= 11 is 0. The van der Waals surface area contributed by atoms with Gasteiger partial charge in [0.05, 0.1) is 7.11 Å². The molecule has 1 saturated heterocycles. The third-order valence-electron chi connectivity index (χ3n) is 6.34. The van der Waals surface area contributed by atoms with Gasteiger partial charge in [-0.3, -0.25) is 14.3 Å². The van der Waals surface area contributed by atoms with Crippen LogP contribution in [0.3, 0.4) is 0 Å². The summed E-state index contributed by atoms with van der Waals surface area (Å²) in [5.41, 5.74) is 3.04. The molecule has 3 aromatic rings. The van der Waals surface area contributed by atoms with Gasteiger partial charge >= 0.3 is 6.03 Å². The Morgan fingerprint density at radius 2 is 1.72 bits per heavy atom. The summed E-state index contributed by atoms with van der Waals surface area (Å²) in [7, 11) is 4.84. The lowest BCUT2D eigenvalue weighted by Crippen LogP contribution is -2.61. The first-order valence-corrected chi connectivity index (χ1v) is 10.4. The first kappa shape index (κ1) is 20.0. The highest BCUT2D eigenvalue weighted by atomic mass is 16.5. The Kier molecular flexibility index (Phi) is 4.61. The summed E-state index contributed by atoms with van der Waals surface area (Å²) in [5.74, 6) is 1.65. The zero-order chi connectivity index (χ0) is 22.6. The van der Waals surface area contributed by atoms with Gasteiger partial charge in [0.2, 0.25) is 5.95 Å². The van der Waals surface area contributed by atoms with Gasteiger partial charge in [-0.25, -0.2) is 4.79 Å². The largest absolute Gasteiger partial charge is 0.497 e.